The van der Waals surface area contributed by atoms with Crippen LogP contribution in [0.4, 0.5) is 13.6 Å². The Morgan fingerprint density at radius 1 is 1.12 bits per heavy atom. The van der Waals surface area contributed by atoms with Crippen molar-refractivity contribution >= 4 is 11.9 Å². The fourth-order valence-electron chi connectivity index (χ4n) is 2.71. The normalized spacial score (nSPS) is 13.3. The van der Waals surface area contributed by atoms with Gasteiger partial charge in [0.15, 0.2) is 0 Å². The van der Waals surface area contributed by atoms with Crippen LogP contribution < -0.4 is 11.1 Å². The summed E-state index contributed by atoms with van der Waals surface area (Å²) < 4.78 is 27.0. The molecule has 7 heteroatoms. The van der Waals surface area contributed by atoms with Crippen LogP contribution in [0.1, 0.15) is 34.3 Å². The third-order valence-corrected chi connectivity index (χ3v) is 4.27. The lowest BCUT2D eigenvalue weighted by atomic mass is 10.1. The molecule has 136 valence electrons. The molecule has 0 atom stereocenters. The predicted octanol–water partition coefficient (Wildman–Crippen LogP) is 2.94. The second-order valence-corrected chi connectivity index (χ2v) is 6.31. The standard InChI is InChI=1S/C19H19F2N3O2/c20-15-6-5-14(17(21)9-15)11-24(16-7-8-16)18(25)13-3-1-12(2-4-13)10-23-19(22)26/h1-6,9,16H,7-8,10-11H2,(H3,22,23,26). The van der Waals surface area contributed by atoms with Crippen molar-refractivity contribution in [3.05, 3.63) is 70.8 Å². The van der Waals surface area contributed by atoms with Gasteiger partial charge in [-0.1, -0.05) is 18.2 Å². The summed E-state index contributed by atoms with van der Waals surface area (Å²) in [5, 5.41) is 2.48. The molecule has 0 heterocycles. The number of nitrogens with zero attached hydrogens (tertiary/aromatic N) is 1. The van der Waals surface area contributed by atoms with Gasteiger partial charge in [0.25, 0.3) is 5.91 Å². The van der Waals surface area contributed by atoms with Gasteiger partial charge >= 0.3 is 6.03 Å². The largest absolute Gasteiger partial charge is 0.352 e. The first kappa shape index (κ1) is 17.8. The number of halogens is 2. The number of carbonyl (C=O) groups excluding carboxylic acids is 2. The quantitative estimate of drug-likeness (QED) is 0.832. The van der Waals surface area contributed by atoms with Crippen LogP contribution in [0.3, 0.4) is 0 Å². The SMILES string of the molecule is NC(=O)NCc1ccc(C(=O)N(Cc2ccc(F)cc2F)C2CC2)cc1. The summed E-state index contributed by atoms with van der Waals surface area (Å²) in [7, 11) is 0. The van der Waals surface area contributed by atoms with Crippen molar-refractivity contribution in [2.45, 2.75) is 32.0 Å². The first-order valence-corrected chi connectivity index (χ1v) is 8.31. The minimum absolute atomic E-state index is 0.0724. The molecule has 5 nitrogen and oxygen atoms in total. The summed E-state index contributed by atoms with van der Waals surface area (Å²) in [5.41, 5.74) is 6.60. The average molecular weight is 359 g/mol. The van der Waals surface area contributed by atoms with E-state index in [9.17, 15) is 18.4 Å². The highest BCUT2D eigenvalue weighted by Crippen LogP contribution is 2.30. The molecule has 0 aromatic heterocycles. The Morgan fingerprint density at radius 3 is 2.38 bits per heavy atom. The highest BCUT2D eigenvalue weighted by atomic mass is 19.1. The number of urea groups is 1. The van der Waals surface area contributed by atoms with E-state index in [1.165, 1.54) is 12.1 Å². The molecule has 1 aliphatic rings. The van der Waals surface area contributed by atoms with Crippen LogP contribution in [0.5, 0.6) is 0 Å². The number of nitrogens with two attached hydrogens (primary N) is 1. The summed E-state index contributed by atoms with van der Waals surface area (Å²) in [6, 6.07) is 9.62. The Labute approximate surface area is 149 Å². The maximum atomic E-state index is 13.9. The highest BCUT2D eigenvalue weighted by molar-refractivity contribution is 5.94. The fourth-order valence-corrected chi connectivity index (χ4v) is 2.71. The lowest BCUT2D eigenvalue weighted by molar-refractivity contribution is 0.0728. The number of hydrogen-bond donors (Lipinski definition) is 2. The number of benzene rings is 2. The molecule has 1 saturated carbocycles. The molecule has 3 rings (SSSR count). The Kier molecular flexibility index (Phi) is 5.16. The number of amides is 3. The second kappa shape index (κ2) is 7.51. The van der Waals surface area contributed by atoms with E-state index in [1.807, 2.05) is 0 Å². The van der Waals surface area contributed by atoms with E-state index in [1.54, 1.807) is 29.2 Å². The van der Waals surface area contributed by atoms with Crippen molar-refractivity contribution < 1.29 is 18.4 Å². The van der Waals surface area contributed by atoms with Gasteiger partial charge in [-0.05, 0) is 36.6 Å². The Bertz CT molecular complexity index is 820. The van der Waals surface area contributed by atoms with E-state index in [-0.39, 0.29) is 30.6 Å². The third kappa shape index (κ3) is 4.36. The highest BCUT2D eigenvalue weighted by Gasteiger charge is 2.33. The van der Waals surface area contributed by atoms with Crippen LogP contribution in [0.25, 0.3) is 0 Å². The molecule has 3 N–H and O–H groups in total. The van der Waals surface area contributed by atoms with E-state index in [4.69, 9.17) is 5.73 Å². The molecule has 1 fully saturated rings. The molecule has 1 aliphatic carbocycles. The lowest BCUT2D eigenvalue weighted by Gasteiger charge is -2.23. The summed E-state index contributed by atoms with van der Waals surface area (Å²) in [4.78, 5) is 25.2. The van der Waals surface area contributed by atoms with E-state index in [0.717, 1.165) is 24.5 Å². The van der Waals surface area contributed by atoms with E-state index in [0.29, 0.717) is 5.56 Å². The monoisotopic (exact) mass is 359 g/mol. The first-order valence-electron chi connectivity index (χ1n) is 8.31. The first-order chi connectivity index (χ1) is 12.4. The molecule has 26 heavy (non-hydrogen) atoms. The minimum Gasteiger partial charge on any atom is -0.352 e. The Balaban J connectivity index is 1.73. The van der Waals surface area contributed by atoms with Gasteiger partial charge in [0.05, 0.1) is 0 Å². The molecule has 2 aromatic carbocycles. The number of nitrogens with one attached hydrogen (secondary N) is 1. The Hall–Kier alpha value is -2.96. The van der Waals surface area contributed by atoms with Gasteiger partial charge in [0, 0.05) is 36.3 Å². The molecule has 0 spiro atoms. The average Bonchev–Trinajstić information content (AvgIpc) is 3.44. The number of primary amides is 1. The van der Waals surface area contributed by atoms with E-state index < -0.39 is 17.7 Å². The van der Waals surface area contributed by atoms with Crippen molar-refractivity contribution in [1.82, 2.24) is 10.2 Å². The van der Waals surface area contributed by atoms with Crippen molar-refractivity contribution in [2.24, 2.45) is 5.73 Å². The van der Waals surface area contributed by atoms with Crippen LogP contribution in [0, 0.1) is 11.6 Å². The van der Waals surface area contributed by atoms with Crippen LogP contribution in [-0.2, 0) is 13.1 Å². The zero-order valence-electron chi connectivity index (χ0n) is 14.0. The summed E-state index contributed by atoms with van der Waals surface area (Å²) in [6.07, 6.45) is 1.74. The molecule has 3 amide bonds. The van der Waals surface area contributed by atoms with Gasteiger partial charge in [0.1, 0.15) is 11.6 Å². The van der Waals surface area contributed by atoms with Crippen LogP contribution in [-0.4, -0.2) is 22.9 Å². The van der Waals surface area contributed by atoms with Gasteiger partial charge < -0.3 is 16.0 Å². The van der Waals surface area contributed by atoms with Crippen molar-refractivity contribution in [1.29, 1.82) is 0 Å². The summed E-state index contributed by atoms with van der Waals surface area (Å²) >= 11 is 0. The van der Waals surface area contributed by atoms with Crippen molar-refractivity contribution in [3.63, 3.8) is 0 Å². The fraction of sp³-hybridized carbons (Fsp3) is 0.263. The predicted molar refractivity (Wildman–Crippen MR) is 92.1 cm³/mol. The van der Waals surface area contributed by atoms with Crippen LogP contribution >= 0.6 is 0 Å². The molecule has 0 unspecified atom stereocenters. The van der Waals surface area contributed by atoms with Crippen LogP contribution in [0.2, 0.25) is 0 Å². The van der Waals surface area contributed by atoms with Crippen molar-refractivity contribution in [3.8, 4) is 0 Å². The maximum Gasteiger partial charge on any atom is 0.312 e. The molecular weight excluding hydrogens is 340 g/mol. The lowest BCUT2D eigenvalue weighted by Crippen LogP contribution is -2.33. The minimum atomic E-state index is -0.656. The maximum absolute atomic E-state index is 13.9. The van der Waals surface area contributed by atoms with Gasteiger partial charge in [-0.15, -0.1) is 0 Å². The number of carbonyl (C=O) groups is 2. The summed E-state index contributed by atoms with van der Waals surface area (Å²) in [5.74, 6) is -1.50. The van der Waals surface area contributed by atoms with Gasteiger partial charge in [0.2, 0.25) is 0 Å². The molecular formula is C19H19F2N3O2. The topological polar surface area (TPSA) is 75.4 Å². The summed E-state index contributed by atoms with van der Waals surface area (Å²) in [6.45, 7) is 0.373. The van der Waals surface area contributed by atoms with Gasteiger partial charge in [-0.2, -0.15) is 0 Å². The third-order valence-electron chi connectivity index (χ3n) is 4.27. The smallest absolute Gasteiger partial charge is 0.312 e. The van der Waals surface area contributed by atoms with Crippen LogP contribution in [0.15, 0.2) is 42.5 Å². The van der Waals surface area contributed by atoms with E-state index in [2.05, 4.69) is 5.32 Å². The van der Waals surface area contributed by atoms with E-state index >= 15 is 0 Å². The van der Waals surface area contributed by atoms with Gasteiger partial charge in [-0.3, -0.25) is 4.79 Å². The molecule has 0 radical (unpaired) electrons. The zero-order valence-corrected chi connectivity index (χ0v) is 14.0. The van der Waals surface area contributed by atoms with Crippen molar-refractivity contribution in [2.75, 3.05) is 0 Å². The second-order valence-electron chi connectivity index (χ2n) is 6.31. The van der Waals surface area contributed by atoms with Gasteiger partial charge in [-0.25, -0.2) is 13.6 Å². The Morgan fingerprint density at radius 2 is 1.81 bits per heavy atom. The molecule has 2 aromatic rings. The molecule has 0 aliphatic heterocycles. The molecule has 0 saturated heterocycles. The zero-order chi connectivity index (χ0) is 18.7. The number of hydrogen-bond acceptors (Lipinski definition) is 2. The number of rotatable bonds is 6. The molecule has 0 bridgehead atoms.